The molecular formula is C10H8BrNO4. The molecule has 0 saturated carbocycles. The number of carbonyl (C=O) groups excluding carboxylic acids is 2. The highest BCUT2D eigenvalue weighted by atomic mass is 79.9. The van der Waals surface area contributed by atoms with E-state index in [1.54, 1.807) is 0 Å². The van der Waals surface area contributed by atoms with Crippen LogP contribution in [0.15, 0.2) is 12.1 Å². The Hall–Kier alpha value is -1.56. The molecule has 0 aliphatic rings. The minimum atomic E-state index is -0.579. The minimum Gasteiger partial charge on any atom is -0.298 e. The Morgan fingerprint density at radius 1 is 1.56 bits per heavy atom. The van der Waals surface area contributed by atoms with E-state index in [2.05, 4.69) is 15.9 Å². The maximum absolute atomic E-state index is 11.5. The summed E-state index contributed by atoms with van der Waals surface area (Å²) in [7, 11) is 0. The lowest BCUT2D eigenvalue weighted by atomic mass is 10.0. The number of nitrogens with zero attached hydrogens (tertiary/aromatic N) is 1. The van der Waals surface area contributed by atoms with Crippen molar-refractivity contribution in [2.75, 3.05) is 5.33 Å². The molecule has 0 spiro atoms. The topological polar surface area (TPSA) is 77.3 Å². The van der Waals surface area contributed by atoms with Gasteiger partial charge < -0.3 is 0 Å². The third kappa shape index (κ3) is 2.33. The third-order valence-corrected chi connectivity index (χ3v) is 2.62. The van der Waals surface area contributed by atoms with Crippen LogP contribution in [-0.4, -0.2) is 22.3 Å². The average Bonchev–Trinajstić information content (AvgIpc) is 2.27. The Kier molecular flexibility index (Phi) is 3.89. The Morgan fingerprint density at radius 3 is 2.62 bits per heavy atom. The van der Waals surface area contributed by atoms with Gasteiger partial charge in [-0.25, -0.2) is 0 Å². The molecule has 0 bridgehead atoms. The number of aldehydes is 1. The summed E-state index contributed by atoms with van der Waals surface area (Å²) in [5, 5.41) is 10.7. The highest BCUT2D eigenvalue weighted by Crippen LogP contribution is 2.22. The molecule has 1 aromatic rings. The van der Waals surface area contributed by atoms with E-state index in [1.807, 2.05) is 0 Å². The first-order chi connectivity index (χ1) is 7.51. The number of carbonyl (C=O) groups is 2. The van der Waals surface area contributed by atoms with Gasteiger partial charge in [0.05, 0.1) is 10.3 Å². The van der Waals surface area contributed by atoms with E-state index in [0.29, 0.717) is 11.8 Å². The predicted octanol–water partition coefficient (Wildman–Crippen LogP) is 2.29. The number of benzene rings is 1. The van der Waals surface area contributed by atoms with Crippen LogP contribution in [0.25, 0.3) is 0 Å². The van der Waals surface area contributed by atoms with E-state index in [0.717, 1.165) is 6.07 Å². The molecule has 0 fully saturated rings. The molecule has 16 heavy (non-hydrogen) atoms. The minimum absolute atomic E-state index is 0.0433. The Bertz CT molecular complexity index is 470. The number of hydrogen-bond donors (Lipinski definition) is 0. The van der Waals surface area contributed by atoms with Crippen molar-refractivity contribution in [1.29, 1.82) is 0 Å². The first kappa shape index (κ1) is 12.5. The van der Waals surface area contributed by atoms with Gasteiger partial charge in [-0.05, 0) is 13.0 Å². The van der Waals surface area contributed by atoms with Crippen molar-refractivity contribution in [2.45, 2.75) is 6.92 Å². The van der Waals surface area contributed by atoms with Crippen LogP contribution in [-0.2, 0) is 0 Å². The van der Waals surface area contributed by atoms with Crippen molar-refractivity contribution in [3.8, 4) is 0 Å². The molecule has 0 saturated heterocycles. The zero-order chi connectivity index (χ0) is 12.3. The van der Waals surface area contributed by atoms with Crippen molar-refractivity contribution in [1.82, 2.24) is 0 Å². The van der Waals surface area contributed by atoms with Crippen molar-refractivity contribution < 1.29 is 14.5 Å². The van der Waals surface area contributed by atoms with Gasteiger partial charge in [-0.15, -0.1) is 0 Å². The maximum Gasteiger partial charge on any atom is 0.273 e. The normalized spacial score (nSPS) is 9.88. The third-order valence-electron chi connectivity index (χ3n) is 2.11. The van der Waals surface area contributed by atoms with Crippen LogP contribution >= 0.6 is 15.9 Å². The average molecular weight is 286 g/mol. The molecule has 84 valence electrons. The first-order valence-electron chi connectivity index (χ1n) is 4.34. The number of ketones is 1. The van der Waals surface area contributed by atoms with Crippen LogP contribution in [0, 0.1) is 17.0 Å². The van der Waals surface area contributed by atoms with Gasteiger partial charge >= 0.3 is 0 Å². The number of nitro benzene ring substituents is 1. The smallest absolute Gasteiger partial charge is 0.273 e. The fraction of sp³-hybridized carbons (Fsp3) is 0.200. The largest absolute Gasteiger partial charge is 0.298 e. The fourth-order valence-corrected chi connectivity index (χ4v) is 1.62. The second kappa shape index (κ2) is 4.98. The Morgan fingerprint density at radius 2 is 2.19 bits per heavy atom. The summed E-state index contributed by atoms with van der Waals surface area (Å²) in [6.07, 6.45) is 0.447. The molecule has 0 N–H and O–H groups in total. The van der Waals surface area contributed by atoms with Gasteiger partial charge in [0, 0.05) is 22.8 Å². The molecule has 6 heteroatoms. The monoisotopic (exact) mass is 285 g/mol. The molecule has 0 unspecified atom stereocenters. The lowest BCUT2D eigenvalue weighted by Crippen LogP contribution is -2.06. The number of halogens is 1. The second-order valence-corrected chi connectivity index (χ2v) is 3.72. The highest BCUT2D eigenvalue weighted by Gasteiger charge is 2.18. The van der Waals surface area contributed by atoms with Gasteiger partial charge in [0.2, 0.25) is 0 Å². The number of aryl methyl sites for hydroxylation is 1. The molecule has 0 heterocycles. The first-order valence-corrected chi connectivity index (χ1v) is 5.46. The summed E-state index contributed by atoms with van der Waals surface area (Å²) in [5.74, 6) is -0.278. The highest BCUT2D eigenvalue weighted by molar-refractivity contribution is 9.09. The van der Waals surface area contributed by atoms with Crippen molar-refractivity contribution >= 4 is 33.7 Å². The van der Waals surface area contributed by atoms with Gasteiger partial charge in [-0.2, -0.15) is 0 Å². The number of rotatable bonds is 4. The van der Waals surface area contributed by atoms with Gasteiger partial charge in [0.1, 0.15) is 0 Å². The van der Waals surface area contributed by atoms with Crippen LogP contribution in [0.3, 0.4) is 0 Å². The number of hydrogen-bond acceptors (Lipinski definition) is 4. The van der Waals surface area contributed by atoms with Gasteiger partial charge in [0.15, 0.2) is 12.1 Å². The van der Waals surface area contributed by atoms with Gasteiger partial charge in [-0.3, -0.25) is 19.7 Å². The van der Waals surface area contributed by atoms with E-state index >= 15 is 0 Å². The maximum atomic E-state index is 11.5. The molecule has 0 amide bonds. The zero-order valence-corrected chi connectivity index (χ0v) is 9.98. The van der Waals surface area contributed by atoms with Gasteiger partial charge in [-0.1, -0.05) is 15.9 Å². The molecule has 1 rings (SSSR count). The molecule has 0 atom stereocenters. The summed E-state index contributed by atoms with van der Waals surface area (Å²) in [6, 6.07) is 2.49. The quantitative estimate of drug-likeness (QED) is 0.280. The zero-order valence-electron chi connectivity index (χ0n) is 8.40. The molecular weight excluding hydrogens is 278 g/mol. The lowest BCUT2D eigenvalue weighted by Gasteiger charge is -2.04. The molecule has 1 aromatic carbocycles. The standard InChI is InChI=1S/C10H8BrNO4/c1-6-2-8(10(14)4-11)7(5-13)3-9(6)12(15)16/h2-3,5H,4H2,1H3. The Labute approximate surface area is 99.7 Å². The fourth-order valence-electron chi connectivity index (χ4n) is 1.32. The summed E-state index contributed by atoms with van der Waals surface area (Å²) >= 11 is 2.99. The second-order valence-electron chi connectivity index (χ2n) is 3.16. The van der Waals surface area contributed by atoms with Crippen LogP contribution in [0.1, 0.15) is 26.3 Å². The van der Waals surface area contributed by atoms with Crippen molar-refractivity contribution in [3.63, 3.8) is 0 Å². The van der Waals surface area contributed by atoms with Crippen LogP contribution < -0.4 is 0 Å². The van der Waals surface area contributed by atoms with E-state index in [-0.39, 0.29) is 27.9 Å². The predicted molar refractivity (Wildman–Crippen MR) is 61.3 cm³/mol. The van der Waals surface area contributed by atoms with Crippen LogP contribution in [0.4, 0.5) is 5.69 Å². The van der Waals surface area contributed by atoms with Crippen molar-refractivity contribution in [3.05, 3.63) is 38.9 Å². The molecule has 5 nitrogen and oxygen atoms in total. The summed E-state index contributed by atoms with van der Waals surface area (Å²) in [6.45, 7) is 1.53. The van der Waals surface area contributed by atoms with Crippen LogP contribution in [0.2, 0.25) is 0 Å². The van der Waals surface area contributed by atoms with E-state index in [4.69, 9.17) is 0 Å². The summed E-state index contributed by atoms with van der Waals surface area (Å²) < 4.78 is 0. The lowest BCUT2D eigenvalue weighted by molar-refractivity contribution is -0.385. The number of nitro groups is 1. The van der Waals surface area contributed by atoms with E-state index in [1.165, 1.54) is 13.0 Å². The number of alkyl halides is 1. The number of Topliss-reactive ketones (excluding diaryl/α,β-unsaturated/α-hetero) is 1. The SMILES string of the molecule is Cc1cc(C(=O)CBr)c(C=O)cc1[N+](=O)[O-]. The summed E-state index contributed by atoms with van der Waals surface area (Å²) in [4.78, 5) is 32.3. The Balaban J connectivity index is 3.43. The van der Waals surface area contributed by atoms with E-state index < -0.39 is 4.92 Å². The summed E-state index contributed by atoms with van der Waals surface area (Å²) in [5.41, 5.74) is 0.449. The molecule has 0 aliphatic carbocycles. The van der Waals surface area contributed by atoms with Gasteiger partial charge in [0.25, 0.3) is 5.69 Å². The van der Waals surface area contributed by atoms with Crippen LogP contribution in [0.5, 0.6) is 0 Å². The molecule has 0 aromatic heterocycles. The van der Waals surface area contributed by atoms with E-state index in [9.17, 15) is 19.7 Å². The molecule has 0 radical (unpaired) electrons. The molecule has 0 aliphatic heterocycles. The van der Waals surface area contributed by atoms with Crippen molar-refractivity contribution in [2.24, 2.45) is 0 Å².